The highest BCUT2D eigenvalue weighted by molar-refractivity contribution is 7.80. The fourth-order valence-electron chi connectivity index (χ4n) is 3.34. The van der Waals surface area contributed by atoms with E-state index < -0.39 is 0 Å². The van der Waals surface area contributed by atoms with Gasteiger partial charge in [0.05, 0.1) is 0 Å². The lowest BCUT2D eigenvalue weighted by Gasteiger charge is -2.34. The third kappa shape index (κ3) is 13.9. The maximum absolute atomic E-state index is 5.96. The summed E-state index contributed by atoms with van der Waals surface area (Å²) in [6, 6.07) is 8.21. The summed E-state index contributed by atoms with van der Waals surface area (Å²) >= 11 is 11.3. The van der Waals surface area contributed by atoms with Crippen molar-refractivity contribution in [3.05, 3.63) is 34.9 Å². The van der Waals surface area contributed by atoms with Crippen LogP contribution in [0.5, 0.6) is 0 Å². The quantitative estimate of drug-likeness (QED) is 0.355. The van der Waals surface area contributed by atoms with E-state index in [0.717, 1.165) is 68.9 Å². The Hall–Kier alpha value is -0.340. The first-order valence-electron chi connectivity index (χ1n) is 10.4. The summed E-state index contributed by atoms with van der Waals surface area (Å²) in [5.41, 5.74) is 1.34. The van der Waals surface area contributed by atoms with Crippen LogP contribution < -0.4 is 10.6 Å². The van der Waals surface area contributed by atoms with Crippen molar-refractivity contribution in [3.63, 3.8) is 0 Å². The van der Waals surface area contributed by atoms with Crippen LogP contribution in [0.15, 0.2) is 24.3 Å². The minimum Gasteiger partial charge on any atom is -0.412 e. The SMILES string of the molecule is CCCCCCNC(=S)NCCCN1CCN(Cc2ccc(Cl)cc2)CC1.Cl.Cl.O. The van der Waals surface area contributed by atoms with E-state index in [1.807, 2.05) is 12.1 Å². The second kappa shape index (κ2) is 19.4. The van der Waals surface area contributed by atoms with Gasteiger partial charge in [0.15, 0.2) is 5.11 Å². The molecule has 0 amide bonds. The summed E-state index contributed by atoms with van der Waals surface area (Å²) in [4.78, 5) is 5.08. The maximum atomic E-state index is 5.96. The lowest BCUT2D eigenvalue weighted by molar-refractivity contribution is 0.126. The summed E-state index contributed by atoms with van der Waals surface area (Å²) in [5, 5.41) is 8.25. The van der Waals surface area contributed by atoms with Gasteiger partial charge in [-0.2, -0.15) is 0 Å². The number of rotatable bonds is 11. The van der Waals surface area contributed by atoms with E-state index in [-0.39, 0.29) is 30.3 Å². The van der Waals surface area contributed by atoms with Crippen LogP contribution in [0.2, 0.25) is 5.02 Å². The van der Waals surface area contributed by atoms with Crippen LogP contribution in [0.3, 0.4) is 0 Å². The first-order valence-corrected chi connectivity index (χ1v) is 11.2. The van der Waals surface area contributed by atoms with Gasteiger partial charge in [0.25, 0.3) is 0 Å². The number of halogens is 3. The van der Waals surface area contributed by atoms with Crippen molar-refractivity contribution in [2.75, 3.05) is 45.8 Å². The predicted octanol–water partition coefficient (Wildman–Crippen LogP) is 3.91. The third-order valence-electron chi connectivity index (χ3n) is 5.04. The highest BCUT2D eigenvalue weighted by atomic mass is 35.5. The molecule has 1 aliphatic heterocycles. The van der Waals surface area contributed by atoms with E-state index in [4.69, 9.17) is 23.8 Å². The van der Waals surface area contributed by atoms with Crippen molar-refractivity contribution in [1.29, 1.82) is 0 Å². The van der Waals surface area contributed by atoms with Gasteiger partial charge in [0, 0.05) is 50.8 Å². The molecule has 0 aliphatic carbocycles. The molecule has 1 aromatic rings. The Bertz CT molecular complexity index is 544. The predicted molar refractivity (Wildman–Crippen MR) is 139 cm³/mol. The Morgan fingerprint density at radius 1 is 0.900 bits per heavy atom. The molecule has 5 nitrogen and oxygen atoms in total. The smallest absolute Gasteiger partial charge is 0.166 e. The summed E-state index contributed by atoms with van der Waals surface area (Å²) in [6.45, 7) is 10.9. The molecule has 30 heavy (non-hydrogen) atoms. The fourth-order valence-corrected chi connectivity index (χ4v) is 3.67. The second-order valence-corrected chi connectivity index (χ2v) is 8.19. The van der Waals surface area contributed by atoms with Crippen LogP contribution in [0, 0.1) is 0 Å². The van der Waals surface area contributed by atoms with Gasteiger partial charge >= 0.3 is 0 Å². The van der Waals surface area contributed by atoms with Gasteiger partial charge in [-0.25, -0.2) is 0 Å². The highest BCUT2D eigenvalue weighted by Gasteiger charge is 2.16. The van der Waals surface area contributed by atoms with Gasteiger partial charge < -0.3 is 21.0 Å². The Morgan fingerprint density at radius 3 is 2.07 bits per heavy atom. The molecule has 1 fully saturated rings. The lowest BCUT2D eigenvalue weighted by atomic mass is 10.2. The molecule has 0 spiro atoms. The Labute approximate surface area is 205 Å². The molecule has 0 atom stereocenters. The Balaban J connectivity index is 0. The molecular weight excluding hydrogens is 463 g/mol. The molecule has 1 aliphatic rings. The zero-order chi connectivity index (χ0) is 19.3. The normalized spacial score (nSPS) is 14.1. The van der Waals surface area contributed by atoms with E-state index in [2.05, 4.69) is 39.5 Å². The largest absolute Gasteiger partial charge is 0.412 e. The monoisotopic (exact) mass is 500 g/mol. The van der Waals surface area contributed by atoms with E-state index >= 15 is 0 Å². The van der Waals surface area contributed by atoms with Gasteiger partial charge in [-0.05, 0) is 49.3 Å². The molecule has 1 aromatic carbocycles. The topological polar surface area (TPSA) is 62.0 Å². The van der Waals surface area contributed by atoms with Gasteiger partial charge in [-0.15, -0.1) is 24.8 Å². The summed E-state index contributed by atoms with van der Waals surface area (Å²) in [6.07, 6.45) is 6.22. The molecule has 0 unspecified atom stereocenters. The van der Waals surface area contributed by atoms with Crippen molar-refractivity contribution in [3.8, 4) is 0 Å². The Morgan fingerprint density at radius 2 is 1.47 bits per heavy atom. The molecule has 0 radical (unpaired) electrons. The summed E-state index contributed by atoms with van der Waals surface area (Å²) < 4.78 is 0. The highest BCUT2D eigenvalue weighted by Crippen LogP contribution is 2.13. The second-order valence-electron chi connectivity index (χ2n) is 7.34. The minimum atomic E-state index is 0. The molecular formula is C21H39Cl3N4OS. The van der Waals surface area contributed by atoms with Gasteiger partial charge in [-0.1, -0.05) is 49.9 Å². The van der Waals surface area contributed by atoms with E-state index in [9.17, 15) is 0 Å². The molecule has 0 aromatic heterocycles. The van der Waals surface area contributed by atoms with E-state index in [1.165, 1.54) is 31.2 Å². The van der Waals surface area contributed by atoms with Crippen molar-refractivity contribution in [2.24, 2.45) is 0 Å². The van der Waals surface area contributed by atoms with Crippen LogP contribution in [-0.4, -0.2) is 66.2 Å². The first-order chi connectivity index (χ1) is 13.2. The van der Waals surface area contributed by atoms with Crippen molar-refractivity contribution in [2.45, 2.75) is 45.6 Å². The number of nitrogens with zero attached hydrogens (tertiary/aromatic N) is 2. The number of piperazine rings is 1. The first kappa shape index (κ1) is 31.8. The zero-order valence-electron chi connectivity index (χ0n) is 18.0. The van der Waals surface area contributed by atoms with Crippen LogP contribution >= 0.6 is 48.6 Å². The molecule has 176 valence electrons. The van der Waals surface area contributed by atoms with Gasteiger partial charge in [0.2, 0.25) is 0 Å². The van der Waals surface area contributed by atoms with Crippen molar-refractivity contribution in [1.82, 2.24) is 20.4 Å². The molecule has 2 rings (SSSR count). The molecule has 4 N–H and O–H groups in total. The number of hydrogen-bond acceptors (Lipinski definition) is 3. The number of thiocarbonyl (C=S) groups is 1. The molecule has 1 heterocycles. The minimum absolute atomic E-state index is 0. The average molecular weight is 502 g/mol. The van der Waals surface area contributed by atoms with Crippen LogP contribution in [0.25, 0.3) is 0 Å². The third-order valence-corrected chi connectivity index (χ3v) is 5.58. The fraction of sp³-hybridized carbons (Fsp3) is 0.667. The number of benzene rings is 1. The summed E-state index contributed by atoms with van der Waals surface area (Å²) in [5.74, 6) is 0. The molecule has 1 saturated heterocycles. The lowest BCUT2D eigenvalue weighted by Crippen LogP contribution is -2.46. The van der Waals surface area contributed by atoms with Crippen molar-refractivity contribution >= 4 is 53.7 Å². The maximum Gasteiger partial charge on any atom is 0.166 e. The average Bonchev–Trinajstić information content (AvgIpc) is 2.68. The Kier molecular flexibility index (Phi) is 20.5. The molecule has 0 bridgehead atoms. The number of unbranched alkanes of at least 4 members (excludes halogenated alkanes) is 3. The van der Waals surface area contributed by atoms with E-state index in [1.54, 1.807) is 0 Å². The summed E-state index contributed by atoms with van der Waals surface area (Å²) in [7, 11) is 0. The van der Waals surface area contributed by atoms with Crippen LogP contribution in [0.4, 0.5) is 0 Å². The molecule has 9 heteroatoms. The zero-order valence-corrected chi connectivity index (χ0v) is 21.2. The van der Waals surface area contributed by atoms with Crippen molar-refractivity contribution < 1.29 is 5.48 Å². The van der Waals surface area contributed by atoms with Crippen LogP contribution in [0.1, 0.15) is 44.6 Å². The van der Waals surface area contributed by atoms with E-state index in [0.29, 0.717) is 0 Å². The van der Waals surface area contributed by atoms with Crippen LogP contribution in [-0.2, 0) is 6.54 Å². The van der Waals surface area contributed by atoms with Gasteiger partial charge in [-0.3, -0.25) is 4.90 Å². The molecule has 0 saturated carbocycles. The standard InChI is InChI=1S/C21H35ClN4S.2ClH.H2O/c1-2-3-4-5-11-23-21(27)24-12-6-13-25-14-16-26(17-15-25)18-19-7-9-20(22)10-8-19;;;/h7-10H,2-6,11-18H2,1H3,(H2,23,24,27);2*1H;1H2. The number of nitrogens with one attached hydrogen (secondary N) is 2. The number of hydrogen-bond donors (Lipinski definition) is 2. The van der Waals surface area contributed by atoms with Gasteiger partial charge in [0.1, 0.15) is 0 Å².